The van der Waals surface area contributed by atoms with E-state index in [-0.39, 0.29) is 17.6 Å². The number of carboxylic acids is 1. The average molecular weight is 402 g/mol. The topological polar surface area (TPSA) is 85.5 Å². The zero-order chi connectivity index (χ0) is 15.6. The van der Waals surface area contributed by atoms with Crippen LogP contribution in [0.5, 0.6) is 5.75 Å². The number of nitrogens with zero attached hydrogens (tertiary/aromatic N) is 2. The monoisotopic (exact) mass is 402 g/mol. The van der Waals surface area contributed by atoms with Crippen molar-refractivity contribution >= 4 is 28.6 Å². The Hall–Kier alpha value is -1.64. The molecule has 0 aliphatic heterocycles. The number of carbonyl (C=O) groups is 1. The summed E-state index contributed by atoms with van der Waals surface area (Å²) in [5.74, 6) is 0.454. The van der Waals surface area contributed by atoms with Gasteiger partial charge in [0, 0.05) is 5.41 Å². The second-order valence-electron chi connectivity index (χ2n) is 5.50. The van der Waals surface area contributed by atoms with Crippen molar-refractivity contribution in [3.8, 4) is 5.75 Å². The van der Waals surface area contributed by atoms with Crippen LogP contribution in [0.3, 0.4) is 0 Å². The normalized spacial score (nSPS) is 11.4. The number of carboxylic acid groups (broad SMARTS) is 1. The summed E-state index contributed by atoms with van der Waals surface area (Å²) in [6.07, 6.45) is 0. The molecule has 1 aromatic carbocycles. The highest BCUT2D eigenvalue weighted by atomic mass is 127. The molecule has 0 aliphatic rings. The van der Waals surface area contributed by atoms with Crippen molar-refractivity contribution in [1.82, 2.24) is 10.1 Å². The first-order valence-electron chi connectivity index (χ1n) is 6.26. The molecular formula is C14H15IN2O4. The number of aromatic nitrogens is 2. The van der Waals surface area contributed by atoms with Crippen LogP contribution in [-0.4, -0.2) is 21.2 Å². The number of benzene rings is 1. The van der Waals surface area contributed by atoms with E-state index in [1.165, 1.54) is 12.1 Å². The smallest absolute Gasteiger partial charge is 0.335 e. The molecule has 0 amide bonds. The van der Waals surface area contributed by atoms with Crippen LogP contribution in [0.4, 0.5) is 0 Å². The van der Waals surface area contributed by atoms with Gasteiger partial charge in [-0.1, -0.05) is 25.9 Å². The Kier molecular flexibility index (Phi) is 4.50. The second-order valence-corrected chi connectivity index (χ2v) is 6.67. The van der Waals surface area contributed by atoms with Crippen molar-refractivity contribution < 1.29 is 19.2 Å². The third-order valence-corrected chi connectivity index (χ3v) is 3.54. The molecule has 0 atom stereocenters. The summed E-state index contributed by atoms with van der Waals surface area (Å²) in [4.78, 5) is 15.2. The SMILES string of the molecule is CC(C)(C)c1nc(COc2cc(C(=O)O)ccc2I)no1. The number of aromatic carboxylic acids is 1. The Morgan fingerprint density at radius 2 is 2.14 bits per heavy atom. The van der Waals surface area contributed by atoms with E-state index in [1.54, 1.807) is 6.07 Å². The Bertz CT molecular complexity index is 661. The van der Waals surface area contributed by atoms with Gasteiger partial charge in [0.2, 0.25) is 11.7 Å². The quantitative estimate of drug-likeness (QED) is 0.791. The molecule has 2 rings (SSSR count). The van der Waals surface area contributed by atoms with Crippen LogP contribution < -0.4 is 4.74 Å². The minimum atomic E-state index is -0.995. The average Bonchev–Trinajstić information content (AvgIpc) is 2.86. The van der Waals surface area contributed by atoms with E-state index in [0.29, 0.717) is 17.5 Å². The van der Waals surface area contributed by atoms with E-state index in [4.69, 9.17) is 14.4 Å². The van der Waals surface area contributed by atoms with Crippen molar-refractivity contribution in [2.24, 2.45) is 0 Å². The number of ether oxygens (including phenoxy) is 1. The van der Waals surface area contributed by atoms with Crippen LogP contribution in [-0.2, 0) is 12.0 Å². The number of halogens is 1. The molecule has 21 heavy (non-hydrogen) atoms. The van der Waals surface area contributed by atoms with E-state index in [2.05, 4.69) is 32.7 Å². The summed E-state index contributed by atoms with van der Waals surface area (Å²) in [6, 6.07) is 4.70. The Morgan fingerprint density at radius 3 is 2.71 bits per heavy atom. The van der Waals surface area contributed by atoms with Crippen molar-refractivity contribution in [2.75, 3.05) is 0 Å². The fraction of sp³-hybridized carbons (Fsp3) is 0.357. The first kappa shape index (κ1) is 15.7. The maximum absolute atomic E-state index is 11.0. The lowest BCUT2D eigenvalue weighted by Gasteiger charge is -2.10. The van der Waals surface area contributed by atoms with Gasteiger partial charge in [0.15, 0.2) is 6.61 Å². The fourth-order valence-corrected chi connectivity index (χ4v) is 2.00. The van der Waals surface area contributed by atoms with Gasteiger partial charge in [-0.25, -0.2) is 4.79 Å². The lowest BCUT2D eigenvalue weighted by Crippen LogP contribution is -2.11. The third-order valence-electron chi connectivity index (χ3n) is 2.64. The van der Waals surface area contributed by atoms with Crippen LogP contribution in [0.15, 0.2) is 22.7 Å². The molecule has 112 valence electrons. The molecular weight excluding hydrogens is 387 g/mol. The van der Waals surface area contributed by atoms with Crippen LogP contribution >= 0.6 is 22.6 Å². The maximum Gasteiger partial charge on any atom is 0.335 e. The molecule has 0 bridgehead atoms. The highest BCUT2D eigenvalue weighted by Crippen LogP contribution is 2.24. The molecule has 0 aliphatic carbocycles. The van der Waals surface area contributed by atoms with E-state index in [9.17, 15) is 4.79 Å². The Morgan fingerprint density at radius 1 is 1.43 bits per heavy atom. The van der Waals surface area contributed by atoms with Gasteiger partial charge >= 0.3 is 5.97 Å². The number of hydrogen-bond donors (Lipinski definition) is 1. The first-order valence-corrected chi connectivity index (χ1v) is 7.34. The molecule has 2 aromatic rings. The number of hydrogen-bond acceptors (Lipinski definition) is 5. The van der Waals surface area contributed by atoms with Gasteiger partial charge < -0.3 is 14.4 Å². The molecule has 0 spiro atoms. The van der Waals surface area contributed by atoms with Crippen LogP contribution in [0, 0.1) is 3.57 Å². The van der Waals surface area contributed by atoms with Crippen LogP contribution in [0.2, 0.25) is 0 Å². The van der Waals surface area contributed by atoms with Crippen molar-refractivity contribution in [3.05, 3.63) is 39.0 Å². The minimum Gasteiger partial charge on any atom is -0.484 e. The van der Waals surface area contributed by atoms with Gasteiger partial charge in [0.1, 0.15) is 5.75 Å². The fourth-order valence-electron chi connectivity index (χ4n) is 1.51. The van der Waals surface area contributed by atoms with E-state index >= 15 is 0 Å². The molecule has 0 radical (unpaired) electrons. The lowest BCUT2D eigenvalue weighted by molar-refractivity contribution is 0.0696. The predicted molar refractivity (Wildman–Crippen MR) is 83.4 cm³/mol. The van der Waals surface area contributed by atoms with Gasteiger partial charge in [-0.15, -0.1) is 0 Å². The van der Waals surface area contributed by atoms with Crippen molar-refractivity contribution in [3.63, 3.8) is 0 Å². The summed E-state index contributed by atoms with van der Waals surface area (Å²) in [7, 11) is 0. The Labute approximate surface area is 135 Å². The summed E-state index contributed by atoms with van der Waals surface area (Å²) in [5, 5.41) is 12.8. The molecule has 1 aromatic heterocycles. The minimum absolute atomic E-state index is 0.124. The van der Waals surface area contributed by atoms with E-state index in [0.717, 1.165) is 3.57 Å². The molecule has 0 saturated carbocycles. The van der Waals surface area contributed by atoms with Gasteiger partial charge in [0.25, 0.3) is 0 Å². The summed E-state index contributed by atoms with van der Waals surface area (Å²) in [6.45, 7) is 6.05. The van der Waals surface area contributed by atoms with Gasteiger partial charge in [-0.05, 0) is 40.8 Å². The molecule has 7 heteroatoms. The number of rotatable bonds is 4. The summed E-state index contributed by atoms with van der Waals surface area (Å²) in [5.41, 5.74) is -0.0444. The van der Waals surface area contributed by atoms with Crippen LogP contribution in [0.25, 0.3) is 0 Å². The van der Waals surface area contributed by atoms with Gasteiger partial charge in [0.05, 0.1) is 9.13 Å². The van der Waals surface area contributed by atoms with Gasteiger partial charge in [-0.2, -0.15) is 4.98 Å². The molecule has 0 saturated heterocycles. The molecule has 6 nitrogen and oxygen atoms in total. The van der Waals surface area contributed by atoms with Gasteiger partial charge in [-0.3, -0.25) is 0 Å². The molecule has 0 unspecified atom stereocenters. The standard InChI is InChI=1S/C14H15IN2O4/c1-14(2,3)13-16-11(17-21-13)7-20-10-6-8(12(18)19)4-5-9(10)15/h4-6H,7H2,1-3H3,(H,18,19). The molecule has 1 N–H and O–H groups in total. The summed E-state index contributed by atoms with van der Waals surface area (Å²) < 4.78 is 11.6. The van der Waals surface area contributed by atoms with Crippen molar-refractivity contribution in [2.45, 2.75) is 32.8 Å². The second kappa shape index (κ2) is 6.00. The molecule has 1 heterocycles. The Balaban J connectivity index is 2.11. The van der Waals surface area contributed by atoms with Crippen LogP contribution in [0.1, 0.15) is 42.8 Å². The summed E-state index contributed by atoms with van der Waals surface area (Å²) >= 11 is 2.08. The maximum atomic E-state index is 11.0. The first-order chi connectivity index (χ1) is 9.77. The zero-order valence-corrected chi connectivity index (χ0v) is 14.0. The van der Waals surface area contributed by atoms with Crippen molar-refractivity contribution in [1.29, 1.82) is 0 Å². The highest BCUT2D eigenvalue weighted by Gasteiger charge is 2.22. The van der Waals surface area contributed by atoms with E-state index < -0.39 is 5.97 Å². The highest BCUT2D eigenvalue weighted by molar-refractivity contribution is 14.1. The zero-order valence-electron chi connectivity index (χ0n) is 11.9. The molecule has 0 fully saturated rings. The predicted octanol–water partition coefficient (Wildman–Crippen LogP) is 3.25. The lowest BCUT2D eigenvalue weighted by atomic mass is 9.97. The third kappa shape index (κ3) is 3.93. The largest absolute Gasteiger partial charge is 0.484 e. The van der Waals surface area contributed by atoms with E-state index in [1.807, 2.05) is 20.8 Å².